The first-order valence-electron chi connectivity index (χ1n) is 8.37. The highest BCUT2D eigenvalue weighted by molar-refractivity contribution is 7.93. The van der Waals surface area contributed by atoms with E-state index < -0.39 is 25.5 Å². The van der Waals surface area contributed by atoms with Crippen LogP contribution in [0.2, 0.25) is 0 Å². The average molecular weight is 398 g/mol. The number of para-hydroxylation sites is 1. The van der Waals surface area contributed by atoms with Crippen molar-refractivity contribution < 1.29 is 18.1 Å². The first-order chi connectivity index (χ1) is 13.4. The molecule has 0 atom stereocenters. The Morgan fingerprint density at radius 2 is 1.57 bits per heavy atom. The number of ether oxygens (including phenoxy) is 1. The van der Waals surface area contributed by atoms with Crippen molar-refractivity contribution in [1.82, 2.24) is 0 Å². The average Bonchev–Trinajstić information content (AvgIpc) is 2.72. The lowest BCUT2D eigenvalue weighted by Gasteiger charge is -2.24. The van der Waals surface area contributed by atoms with Crippen molar-refractivity contribution in [3.63, 3.8) is 0 Å². The molecule has 0 radical (unpaired) electrons. The van der Waals surface area contributed by atoms with Gasteiger partial charge in [0.05, 0.1) is 30.3 Å². The summed E-state index contributed by atoms with van der Waals surface area (Å²) in [6, 6.07) is 21.2. The van der Waals surface area contributed by atoms with Crippen LogP contribution >= 0.6 is 0 Å². The fourth-order valence-corrected chi connectivity index (χ4v) is 4.36. The SMILES string of the molecule is COc1ccc(S(=O)(=O)N(Cc2ccccc2)c2ccccc2)c([N+](=O)[O-])c1. The number of hydrogen-bond acceptors (Lipinski definition) is 5. The van der Waals surface area contributed by atoms with Gasteiger partial charge in [-0.2, -0.15) is 0 Å². The van der Waals surface area contributed by atoms with Crippen LogP contribution in [0.25, 0.3) is 0 Å². The zero-order chi connectivity index (χ0) is 20.1. The highest BCUT2D eigenvalue weighted by atomic mass is 32.2. The molecule has 3 aromatic carbocycles. The number of benzene rings is 3. The Morgan fingerprint density at radius 1 is 0.964 bits per heavy atom. The molecule has 0 N–H and O–H groups in total. The van der Waals surface area contributed by atoms with Crippen LogP contribution in [0.4, 0.5) is 11.4 Å². The maximum atomic E-state index is 13.4. The van der Waals surface area contributed by atoms with Crippen molar-refractivity contribution >= 4 is 21.4 Å². The quantitative estimate of drug-likeness (QED) is 0.443. The molecule has 0 aromatic heterocycles. The summed E-state index contributed by atoms with van der Waals surface area (Å²) in [7, 11) is -2.86. The van der Waals surface area contributed by atoms with Gasteiger partial charge in [-0.3, -0.25) is 14.4 Å². The van der Waals surface area contributed by atoms with E-state index in [0.717, 1.165) is 15.9 Å². The molecule has 0 amide bonds. The van der Waals surface area contributed by atoms with E-state index >= 15 is 0 Å². The molecule has 0 spiro atoms. The van der Waals surface area contributed by atoms with Crippen LogP contribution in [0.1, 0.15) is 5.56 Å². The molecule has 0 saturated carbocycles. The third-order valence-corrected chi connectivity index (χ3v) is 5.97. The van der Waals surface area contributed by atoms with Gasteiger partial charge in [-0.1, -0.05) is 48.5 Å². The second-order valence-electron chi connectivity index (χ2n) is 5.92. The van der Waals surface area contributed by atoms with Gasteiger partial charge < -0.3 is 4.74 Å². The lowest BCUT2D eigenvalue weighted by molar-refractivity contribution is -0.387. The molecule has 0 aliphatic rings. The summed E-state index contributed by atoms with van der Waals surface area (Å²) < 4.78 is 33.0. The number of anilines is 1. The molecule has 0 aliphatic heterocycles. The summed E-state index contributed by atoms with van der Waals surface area (Å²) in [4.78, 5) is 10.4. The standard InChI is InChI=1S/C20H18N2O5S/c1-27-18-12-13-20(19(14-18)22(23)24)28(25,26)21(17-10-6-3-7-11-17)15-16-8-4-2-5-9-16/h2-14H,15H2,1H3. The van der Waals surface area contributed by atoms with Gasteiger partial charge in [0.15, 0.2) is 4.90 Å². The molecule has 0 heterocycles. The normalized spacial score (nSPS) is 11.0. The molecule has 144 valence electrons. The number of nitrogens with zero attached hydrogens (tertiary/aromatic N) is 2. The zero-order valence-corrected chi connectivity index (χ0v) is 15.9. The predicted octanol–water partition coefficient (Wildman–Crippen LogP) is 4.00. The van der Waals surface area contributed by atoms with Crippen molar-refractivity contribution in [2.75, 3.05) is 11.4 Å². The number of nitro groups is 1. The van der Waals surface area contributed by atoms with E-state index in [0.29, 0.717) is 5.69 Å². The van der Waals surface area contributed by atoms with Crippen LogP contribution in [0.15, 0.2) is 83.8 Å². The summed E-state index contributed by atoms with van der Waals surface area (Å²) in [6.45, 7) is 0.0381. The zero-order valence-electron chi connectivity index (χ0n) is 15.1. The molecular weight excluding hydrogens is 380 g/mol. The van der Waals surface area contributed by atoms with E-state index in [1.54, 1.807) is 54.6 Å². The number of sulfonamides is 1. The molecule has 7 nitrogen and oxygen atoms in total. The number of methoxy groups -OCH3 is 1. The van der Waals surface area contributed by atoms with Gasteiger partial charge in [0.25, 0.3) is 15.7 Å². The fourth-order valence-electron chi connectivity index (χ4n) is 2.76. The maximum absolute atomic E-state index is 13.4. The Morgan fingerprint density at radius 3 is 2.14 bits per heavy atom. The van der Waals surface area contributed by atoms with E-state index in [1.807, 2.05) is 6.07 Å². The monoisotopic (exact) mass is 398 g/mol. The molecule has 0 fully saturated rings. The van der Waals surface area contributed by atoms with Crippen LogP contribution in [0.3, 0.4) is 0 Å². The van der Waals surface area contributed by atoms with Crippen LogP contribution in [-0.4, -0.2) is 20.5 Å². The molecule has 28 heavy (non-hydrogen) atoms. The molecule has 3 rings (SSSR count). The molecule has 3 aromatic rings. The van der Waals surface area contributed by atoms with Gasteiger partial charge in [-0.05, 0) is 29.8 Å². The second kappa shape index (κ2) is 8.10. The largest absolute Gasteiger partial charge is 0.497 e. The minimum Gasteiger partial charge on any atom is -0.497 e. The Kier molecular flexibility index (Phi) is 5.60. The minimum atomic E-state index is -4.22. The predicted molar refractivity (Wildman–Crippen MR) is 106 cm³/mol. The van der Waals surface area contributed by atoms with E-state index in [2.05, 4.69) is 0 Å². The number of hydrogen-bond donors (Lipinski definition) is 0. The van der Waals surface area contributed by atoms with Crippen molar-refractivity contribution in [3.05, 3.63) is 94.5 Å². The summed E-state index contributed by atoms with van der Waals surface area (Å²) in [5, 5.41) is 11.5. The van der Waals surface area contributed by atoms with Crippen LogP contribution in [-0.2, 0) is 16.6 Å². The highest BCUT2D eigenvalue weighted by Crippen LogP contribution is 2.33. The number of nitro benzene ring substituents is 1. The smallest absolute Gasteiger partial charge is 0.293 e. The van der Waals surface area contributed by atoms with Gasteiger partial charge in [0.2, 0.25) is 0 Å². The summed E-state index contributed by atoms with van der Waals surface area (Å²) in [5.41, 5.74) is 0.635. The second-order valence-corrected chi connectivity index (χ2v) is 7.75. The molecule has 8 heteroatoms. The molecule has 0 aliphatic carbocycles. The minimum absolute atomic E-state index is 0.0381. The summed E-state index contributed by atoms with van der Waals surface area (Å²) in [5.74, 6) is 0.208. The van der Waals surface area contributed by atoms with Gasteiger partial charge >= 0.3 is 0 Å². The van der Waals surface area contributed by atoms with E-state index in [1.165, 1.54) is 19.2 Å². The van der Waals surface area contributed by atoms with Crippen molar-refractivity contribution in [2.45, 2.75) is 11.4 Å². The van der Waals surface area contributed by atoms with Crippen molar-refractivity contribution in [2.24, 2.45) is 0 Å². The Hall–Kier alpha value is -3.39. The Labute approximate surface area is 163 Å². The summed E-state index contributed by atoms with van der Waals surface area (Å²) >= 11 is 0. The van der Waals surface area contributed by atoms with E-state index in [-0.39, 0.29) is 12.3 Å². The van der Waals surface area contributed by atoms with Gasteiger partial charge in [0.1, 0.15) is 5.75 Å². The lowest BCUT2D eigenvalue weighted by atomic mass is 10.2. The lowest BCUT2D eigenvalue weighted by Crippen LogP contribution is -2.31. The van der Waals surface area contributed by atoms with Gasteiger partial charge in [-0.25, -0.2) is 8.42 Å². The third kappa shape index (κ3) is 3.96. The van der Waals surface area contributed by atoms with Crippen LogP contribution in [0.5, 0.6) is 5.75 Å². The van der Waals surface area contributed by atoms with Crippen molar-refractivity contribution in [3.8, 4) is 5.75 Å². The van der Waals surface area contributed by atoms with Crippen LogP contribution in [0, 0.1) is 10.1 Å². The topological polar surface area (TPSA) is 89.8 Å². The molecular formula is C20H18N2O5S. The summed E-state index contributed by atoms with van der Waals surface area (Å²) in [6.07, 6.45) is 0. The van der Waals surface area contributed by atoms with Crippen molar-refractivity contribution in [1.29, 1.82) is 0 Å². The highest BCUT2D eigenvalue weighted by Gasteiger charge is 2.32. The van der Waals surface area contributed by atoms with E-state index in [9.17, 15) is 18.5 Å². The van der Waals surface area contributed by atoms with E-state index in [4.69, 9.17) is 4.74 Å². The fraction of sp³-hybridized carbons (Fsp3) is 0.100. The molecule has 0 unspecified atom stereocenters. The number of rotatable bonds is 7. The maximum Gasteiger partial charge on any atom is 0.293 e. The first kappa shape index (κ1) is 19.4. The van der Waals surface area contributed by atoms with Gasteiger partial charge in [0, 0.05) is 0 Å². The molecule has 0 saturated heterocycles. The van der Waals surface area contributed by atoms with Gasteiger partial charge in [-0.15, -0.1) is 0 Å². The molecule has 0 bridgehead atoms. The van der Waals surface area contributed by atoms with Crippen LogP contribution < -0.4 is 9.04 Å². The Balaban J connectivity index is 2.15. The first-order valence-corrected chi connectivity index (χ1v) is 9.81. The Bertz CT molecular complexity index is 1070. The third-order valence-electron chi connectivity index (χ3n) is 4.14.